The fourth-order valence-electron chi connectivity index (χ4n) is 2.34. The number of H-pyrrole nitrogens is 1. The Labute approximate surface area is 123 Å². The van der Waals surface area contributed by atoms with E-state index in [2.05, 4.69) is 4.98 Å². The highest BCUT2D eigenvalue weighted by atomic mass is 16.2. The van der Waals surface area contributed by atoms with Crippen molar-refractivity contribution < 1.29 is 9.59 Å². The third-order valence-corrected chi connectivity index (χ3v) is 3.16. The molecule has 0 saturated heterocycles. The third-order valence-electron chi connectivity index (χ3n) is 3.16. The van der Waals surface area contributed by atoms with Crippen LogP contribution in [0.15, 0.2) is 24.4 Å². The number of rotatable bonds is 5. The molecule has 6 nitrogen and oxygen atoms in total. The molecule has 6 heteroatoms. The Kier molecular flexibility index (Phi) is 4.16. The van der Waals surface area contributed by atoms with E-state index in [0.717, 1.165) is 10.9 Å². The molecular weight excluding hydrogens is 268 g/mol. The molecule has 0 unspecified atom stereocenters. The minimum Gasteiger partial charge on any atom is -0.399 e. The second-order valence-corrected chi connectivity index (χ2v) is 5.55. The van der Waals surface area contributed by atoms with Crippen LogP contribution in [0.2, 0.25) is 0 Å². The number of anilines is 1. The van der Waals surface area contributed by atoms with E-state index < -0.39 is 5.91 Å². The Bertz CT molecular complexity index is 675. The topological polar surface area (TPSA) is 105 Å². The zero-order chi connectivity index (χ0) is 15.6. The summed E-state index contributed by atoms with van der Waals surface area (Å²) in [5.74, 6) is -0.485. The lowest BCUT2D eigenvalue weighted by Gasteiger charge is -2.22. The van der Waals surface area contributed by atoms with Crippen LogP contribution in [0.4, 0.5) is 5.69 Å². The fraction of sp³-hybridized carbons (Fsp3) is 0.333. The summed E-state index contributed by atoms with van der Waals surface area (Å²) in [5, 5.41) is 0.785. The molecule has 0 atom stereocenters. The summed E-state index contributed by atoms with van der Waals surface area (Å²) >= 11 is 0. The van der Waals surface area contributed by atoms with Gasteiger partial charge in [-0.2, -0.15) is 0 Å². The molecule has 21 heavy (non-hydrogen) atoms. The van der Waals surface area contributed by atoms with Gasteiger partial charge in [0.05, 0.1) is 12.1 Å². The van der Waals surface area contributed by atoms with Gasteiger partial charge < -0.3 is 21.4 Å². The van der Waals surface area contributed by atoms with Crippen molar-refractivity contribution in [3.05, 3.63) is 30.0 Å². The molecule has 0 radical (unpaired) electrons. The van der Waals surface area contributed by atoms with Crippen LogP contribution in [0.1, 0.15) is 24.2 Å². The summed E-state index contributed by atoms with van der Waals surface area (Å²) < 4.78 is 0. The average Bonchev–Trinajstić information content (AvgIpc) is 2.78. The molecular formula is C15H20N4O2. The lowest BCUT2D eigenvalue weighted by atomic mass is 10.1. The van der Waals surface area contributed by atoms with E-state index in [9.17, 15) is 9.59 Å². The van der Waals surface area contributed by atoms with Crippen molar-refractivity contribution in [2.45, 2.75) is 13.8 Å². The van der Waals surface area contributed by atoms with Crippen LogP contribution in [0.5, 0.6) is 0 Å². The summed E-state index contributed by atoms with van der Waals surface area (Å²) in [6, 6.07) is 5.31. The maximum Gasteiger partial charge on any atom is 0.256 e. The molecule has 0 saturated carbocycles. The van der Waals surface area contributed by atoms with Gasteiger partial charge in [-0.1, -0.05) is 13.8 Å². The van der Waals surface area contributed by atoms with Gasteiger partial charge >= 0.3 is 0 Å². The van der Waals surface area contributed by atoms with Crippen molar-refractivity contribution in [1.82, 2.24) is 9.88 Å². The van der Waals surface area contributed by atoms with Crippen molar-refractivity contribution >= 4 is 28.4 Å². The van der Waals surface area contributed by atoms with Gasteiger partial charge in [-0.25, -0.2) is 0 Å². The van der Waals surface area contributed by atoms with Crippen molar-refractivity contribution in [1.29, 1.82) is 0 Å². The lowest BCUT2D eigenvalue weighted by molar-refractivity contribution is -0.118. The van der Waals surface area contributed by atoms with E-state index >= 15 is 0 Å². The van der Waals surface area contributed by atoms with Crippen molar-refractivity contribution in [2.75, 3.05) is 18.8 Å². The number of aromatic amines is 1. The van der Waals surface area contributed by atoms with Crippen molar-refractivity contribution in [3.63, 3.8) is 0 Å². The molecule has 1 heterocycles. The molecule has 112 valence electrons. The monoisotopic (exact) mass is 288 g/mol. The summed E-state index contributed by atoms with van der Waals surface area (Å²) in [6.07, 6.45) is 1.64. The number of hydrogen-bond donors (Lipinski definition) is 3. The van der Waals surface area contributed by atoms with E-state index in [-0.39, 0.29) is 18.4 Å². The fourth-order valence-corrected chi connectivity index (χ4v) is 2.34. The molecule has 0 bridgehead atoms. The van der Waals surface area contributed by atoms with Gasteiger partial charge in [0, 0.05) is 29.3 Å². The Morgan fingerprint density at radius 2 is 2.05 bits per heavy atom. The molecule has 2 rings (SSSR count). The zero-order valence-electron chi connectivity index (χ0n) is 12.2. The maximum absolute atomic E-state index is 12.6. The Balaban J connectivity index is 2.35. The number of benzene rings is 1. The highest BCUT2D eigenvalue weighted by Crippen LogP contribution is 2.22. The molecule has 2 amide bonds. The first-order chi connectivity index (χ1) is 9.88. The van der Waals surface area contributed by atoms with Gasteiger partial charge in [0.25, 0.3) is 5.91 Å². The van der Waals surface area contributed by atoms with Crippen LogP contribution < -0.4 is 11.5 Å². The number of amides is 2. The van der Waals surface area contributed by atoms with Crippen LogP contribution in [-0.2, 0) is 4.79 Å². The van der Waals surface area contributed by atoms with E-state index in [1.165, 1.54) is 4.90 Å². The van der Waals surface area contributed by atoms with Crippen LogP contribution in [-0.4, -0.2) is 34.8 Å². The lowest BCUT2D eigenvalue weighted by Crippen LogP contribution is -2.40. The van der Waals surface area contributed by atoms with Gasteiger partial charge in [-0.15, -0.1) is 0 Å². The predicted molar refractivity (Wildman–Crippen MR) is 82.6 cm³/mol. The van der Waals surface area contributed by atoms with Gasteiger partial charge in [0.1, 0.15) is 0 Å². The quantitative estimate of drug-likeness (QED) is 0.723. The van der Waals surface area contributed by atoms with Gasteiger partial charge in [0.2, 0.25) is 5.91 Å². The molecule has 1 aromatic heterocycles. The highest BCUT2D eigenvalue weighted by Gasteiger charge is 2.21. The zero-order valence-corrected chi connectivity index (χ0v) is 12.2. The number of hydrogen-bond acceptors (Lipinski definition) is 3. The Morgan fingerprint density at radius 3 is 2.67 bits per heavy atom. The van der Waals surface area contributed by atoms with Crippen LogP contribution in [0.3, 0.4) is 0 Å². The van der Waals surface area contributed by atoms with Gasteiger partial charge in [-0.3, -0.25) is 9.59 Å². The normalized spacial score (nSPS) is 11.0. The first kappa shape index (κ1) is 14.9. The van der Waals surface area contributed by atoms with Crippen molar-refractivity contribution in [2.24, 2.45) is 11.7 Å². The number of primary amides is 1. The number of fused-ring (bicyclic) bond motifs is 1. The molecule has 0 aliphatic carbocycles. The number of nitrogens with two attached hydrogens (primary N) is 2. The van der Waals surface area contributed by atoms with Crippen LogP contribution in [0, 0.1) is 5.92 Å². The maximum atomic E-state index is 12.6. The van der Waals surface area contributed by atoms with E-state index in [1.54, 1.807) is 24.4 Å². The Hall–Kier alpha value is -2.50. The number of nitrogens with one attached hydrogen (secondary N) is 1. The molecule has 5 N–H and O–H groups in total. The van der Waals surface area contributed by atoms with E-state index in [4.69, 9.17) is 11.5 Å². The van der Waals surface area contributed by atoms with Crippen molar-refractivity contribution in [3.8, 4) is 0 Å². The minimum absolute atomic E-state index is 0.0847. The summed E-state index contributed by atoms with van der Waals surface area (Å²) in [5.41, 5.74) is 12.9. The average molecular weight is 288 g/mol. The summed E-state index contributed by atoms with van der Waals surface area (Å²) in [6.45, 7) is 4.36. The summed E-state index contributed by atoms with van der Waals surface area (Å²) in [4.78, 5) is 28.3. The number of nitrogens with zero attached hydrogens (tertiary/aromatic N) is 1. The standard InChI is InChI=1S/C15H20N4O2/c1-9(2)7-19(8-14(17)20)15(21)12-6-18-13-5-10(16)3-4-11(12)13/h3-6,9,18H,7-8,16H2,1-2H3,(H2,17,20). The molecule has 0 aliphatic rings. The van der Waals surface area contributed by atoms with Crippen LogP contribution >= 0.6 is 0 Å². The minimum atomic E-state index is -0.520. The smallest absolute Gasteiger partial charge is 0.256 e. The number of carbonyl (C=O) groups is 2. The van der Waals surface area contributed by atoms with Crippen LogP contribution in [0.25, 0.3) is 10.9 Å². The van der Waals surface area contributed by atoms with Gasteiger partial charge in [0.15, 0.2) is 0 Å². The SMILES string of the molecule is CC(C)CN(CC(N)=O)C(=O)c1c[nH]c2cc(N)ccc12. The Morgan fingerprint density at radius 1 is 1.33 bits per heavy atom. The predicted octanol–water partition coefficient (Wildman–Crippen LogP) is 1.33. The second kappa shape index (κ2) is 5.87. The van der Waals surface area contributed by atoms with E-state index in [1.807, 2.05) is 13.8 Å². The van der Waals surface area contributed by atoms with Gasteiger partial charge in [-0.05, 0) is 24.1 Å². The largest absolute Gasteiger partial charge is 0.399 e. The first-order valence-corrected chi connectivity index (χ1v) is 6.82. The second-order valence-electron chi connectivity index (χ2n) is 5.55. The number of aromatic nitrogens is 1. The molecule has 2 aromatic rings. The molecule has 0 spiro atoms. The number of nitrogen functional groups attached to an aromatic ring is 1. The molecule has 0 aliphatic heterocycles. The highest BCUT2D eigenvalue weighted by molar-refractivity contribution is 6.07. The summed E-state index contributed by atoms with van der Waals surface area (Å²) in [7, 11) is 0. The molecule has 1 aromatic carbocycles. The third kappa shape index (κ3) is 3.34. The van der Waals surface area contributed by atoms with E-state index in [0.29, 0.717) is 17.8 Å². The molecule has 0 fully saturated rings. The first-order valence-electron chi connectivity index (χ1n) is 6.82. The number of carbonyl (C=O) groups excluding carboxylic acids is 2.